The van der Waals surface area contributed by atoms with E-state index < -0.39 is 11.5 Å². The number of likely N-dealkylation sites (tertiary alicyclic amines) is 1. The van der Waals surface area contributed by atoms with Gasteiger partial charge in [-0.2, -0.15) is 0 Å². The van der Waals surface area contributed by atoms with E-state index in [-0.39, 0.29) is 5.91 Å². The number of methoxy groups -OCH3 is 1. The average molecular weight is 305 g/mol. The fraction of sp³-hybridized carbons (Fsp3) is 0.625. The van der Waals surface area contributed by atoms with Gasteiger partial charge in [-0.3, -0.25) is 9.69 Å². The first-order chi connectivity index (χ1) is 10.7. The highest BCUT2D eigenvalue weighted by molar-refractivity contribution is 5.84. The maximum Gasteiger partial charge on any atom is 0.230 e. The van der Waals surface area contributed by atoms with Crippen LogP contribution >= 0.6 is 0 Å². The first-order valence-corrected chi connectivity index (χ1v) is 7.82. The third-order valence-electron chi connectivity index (χ3n) is 4.84. The maximum absolute atomic E-state index is 12.4. The SMILES string of the molecule is COc1ncccc1CN1CC[C@@H](O)[C@@]2(CCCNC2=O)C1. The molecule has 3 heterocycles. The van der Waals surface area contributed by atoms with Crippen molar-refractivity contribution in [2.24, 2.45) is 5.41 Å². The van der Waals surface area contributed by atoms with Crippen LogP contribution < -0.4 is 10.1 Å². The molecule has 2 N–H and O–H groups in total. The van der Waals surface area contributed by atoms with E-state index in [1.165, 1.54) is 0 Å². The summed E-state index contributed by atoms with van der Waals surface area (Å²) in [4.78, 5) is 18.8. The molecule has 22 heavy (non-hydrogen) atoms. The van der Waals surface area contributed by atoms with E-state index in [1.54, 1.807) is 13.3 Å². The van der Waals surface area contributed by atoms with E-state index in [2.05, 4.69) is 15.2 Å². The lowest BCUT2D eigenvalue weighted by molar-refractivity contribution is -0.149. The average Bonchev–Trinajstić information content (AvgIpc) is 2.54. The van der Waals surface area contributed by atoms with E-state index in [9.17, 15) is 9.90 Å². The van der Waals surface area contributed by atoms with Crippen LogP contribution in [0.5, 0.6) is 5.88 Å². The van der Waals surface area contributed by atoms with E-state index in [0.29, 0.717) is 31.9 Å². The number of aliphatic hydroxyl groups is 1. The van der Waals surface area contributed by atoms with Crippen LogP contribution in [0.1, 0.15) is 24.8 Å². The van der Waals surface area contributed by atoms with Crippen molar-refractivity contribution in [3.8, 4) is 5.88 Å². The molecule has 120 valence electrons. The van der Waals surface area contributed by atoms with Gasteiger partial charge in [-0.1, -0.05) is 6.07 Å². The standard InChI is InChI=1S/C16H23N3O3/c1-22-14-12(4-2-7-17-14)10-19-9-5-13(20)16(11-19)6-3-8-18-15(16)21/h2,4,7,13,20H,3,5-6,8-11H2,1H3,(H,18,21)/t13-,16-/m1/s1. The number of carbonyl (C=O) groups excluding carboxylic acids is 1. The Morgan fingerprint density at radius 2 is 2.45 bits per heavy atom. The molecule has 3 rings (SSSR count). The van der Waals surface area contributed by atoms with Crippen molar-refractivity contribution in [2.45, 2.75) is 31.9 Å². The molecule has 6 nitrogen and oxygen atoms in total. The highest BCUT2D eigenvalue weighted by atomic mass is 16.5. The zero-order valence-electron chi connectivity index (χ0n) is 12.9. The van der Waals surface area contributed by atoms with E-state index in [1.807, 2.05) is 12.1 Å². The number of piperidine rings is 2. The van der Waals surface area contributed by atoms with Gasteiger partial charge in [0.25, 0.3) is 0 Å². The number of hydrogen-bond donors (Lipinski definition) is 2. The van der Waals surface area contributed by atoms with Crippen LogP contribution in [0.4, 0.5) is 0 Å². The Morgan fingerprint density at radius 1 is 1.59 bits per heavy atom. The summed E-state index contributed by atoms with van der Waals surface area (Å²) < 4.78 is 5.30. The van der Waals surface area contributed by atoms with Crippen molar-refractivity contribution >= 4 is 5.91 Å². The number of amides is 1. The van der Waals surface area contributed by atoms with Crippen LogP contribution in [0.15, 0.2) is 18.3 Å². The van der Waals surface area contributed by atoms with Crippen LogP contribution in [0.25, 0.3) is 0 Å². The molecule has 1 aromatic rings. The second-order valence-corrected chi connectivity index (χ2v) is 6.20. The molecule has 2 fully saturated rings. The quantitative estimate of drug-likeness (QED) is 0.853. The highest BCUT2D eigenvalue weighted by Gasteiger charge is 2.49. The topological polar surface area (TPSA) is 74.7 Å². The number of hydrogen-bond acceptors (Lipinski definition) is 5. The molecule has 2 aliphatic heterocycles. The van der Waals surface area contributed by atoms with Crippen molar-refractivity contribution in [3.63, 3.8) is 0 Å². The number of rotatable bonds is 3. The van der Waals surface area contributed by atoms with Gasteiger partial charge in [0.1, 0.15) is 0 Å². The largest absolute Gasteiger partial charge is 0.481 e. The minimum absolute atomic E-state index is 0.00546. The molecule has 1 spiro atoms. The summed E-state index contributed by atoms with van der Waals surface area (Å²) in [6, 6.07) is 3.88. The van der Waals surface area contributed by atoms with Gasteiger partial charge in [-0.05, 0) is 25.3 Å². The lowest BCUT2D eigenvalue weighted by Gasteiger charge is -2.47. The maximum atomic E-state index is 12.4. The van der Waals surface area contributed by atoms with Gasteiger partial charge in [0.2, 0.25) is 11.8 Å². The summed E-state index contributed by atoms with van der Waals surface area (Å²) in [6.45, 7) is 2.74. The first kappa shape index (κ1) is 15.2. The van der Waals surface area contributed by atoms with Gasteiger partial charge in [-0.15, -0.1) is 0 Å². The van der Waals surface area contributed by atoms with Gasteiger partial charge >= 0.3 is 0 Å². The summed E-state index contributed by atoms with van der Waals surface area (Å²) in [6.07, 6.45) is 3.45. The van der Waals surface area contributed by atoms with Crippen LogP contribution in [-0.4, -0.2) is 53.7 Å². The number of nitrogens with zero attached hydrogens (tertiary/aromatic N) is 2. The van der Waals surface area contributed by atoms with Crippen molar-refractivity contribution in [1.82, 2.24) is 15.2 Å². The molecule has 1 amide bonds. The van der Waals surface area contributed by atoms with Gasteiger partial charge in [0.05, 0.1) is 18.6 Å². The molecule has 0 aliphatic carbocycles. The molecule has 0 unspecified atom stereocenters. The Balaban J connectivity index is 1.77. The predicted octanol–water partition coefficient (Wildman–Crippen LogP) is 0.553. The smallest absolute Gasteiger partial charge is 0.230 e. The monoisotopic (exact) mass is 305 g/mol. The summed E-state index contributed by atoms with van der Waals surface area (Å²) in [5, 5.41) is 13.3. The van der Waals surface area contributed by atoms with Gasteiger partial charge in [0, 0.05) is 37.9 Å². The fourth-order valence-electron chi connectivity index (χ4n) is 3.63. The molecule has 0 aromatic carbocycles. The van der Waals surface area contributed by atoms with Crippen molar-refractivity contribution in [3.05, 3.63) is 23.9 Å². The number of carbonyl (C=O) groups is 1. The third-order valence-corrected chi connectivity index (χ3v) is 4.84. The molecule has 2 saturated heterocycles. The Bertz CT molecular complexity index is 551. The first-order valence-electron chi connectivity index (χ1n) is 7.82. The van der Waals surface area contributed by atoms with Crippen molar-refractivity contribution in [1.29, 1.82) is 0 Å². The van der Waals surface area contributed by atoms with Gasteiger partial charge < -0.3 is 15.2 Å². The molecular formula is C16H23N3O3. The van der Waals surface area contributed by atoms with E-state index >= 15 is 0 Å². The Kier molecular flexibility index (Phi) is 4.31. The lowest BCUT2D eigenvalue weighted by Crippen LogP contribution is -2.61. The lowest BCUT2D eigenvalue weighted by atomic mass is 9.71. The molecular weight excluding hydrogens is 282 g/mol. The molecule has 2 atom stereocenters. The Labute approximate surface area is 130 Å². The van der Waals surface area contributed by atoms with Gasteiger partial charge in [0.15, 0.2) is 0 Å². The Morgan fingerprint density at radius 3 is 3.23 bits per heavy atom. The van der Waals surface area contributed by atoms with Crippen LogP contribution in [0.2, 0.25) is 0 Å². The van der Waals surface area contributed by atoms with Crippen molar-refractivity contribution in [2.75, 3.05) is 26.7 Å². The highest BCUT2D eigenvalue weighted by Crippen LogP contribution is 2.38. The van der Waals surface area contributed by atoms with E-state index in [0.717, 1.165) is 24.9 Å². The number of aliphatic hydroxyl groups excluding tert-OH is 1. The summed E-state index contributed by atoms with van der Waals surface area (Å²) in [5.41, 5.74) is 0.346. The predicted molar refractivity (Wildman–Crippen MR) is 81.4 cm³/mol. The van der Waals surface area contributed by atoms with Gasteiger partial charge in [-0.25, -0.2) is 4.98 Å². The summed E-state index contributed by atoms with van der Waals surface area (Å²) in [7, 11) is 1.61. The zero-order chi connectivity index (χ0) is 15.6. The molecule has 1 aromatic heterocycles. The van der Waals surface area contributed by atoms with Crippen LogP contribution in [0, 0.1) is 5.41 Å². The van der Waals surface area contributed by atoms with E-state index in [4.69, 9.17) is 4.74 Å². The van der Waals surface area contributed by atoms with Crippen LogP contribution in [-0.2, 0) is 11.3 Å². The number of aromatic nitrogens is 1. The molecule has 6 heteroatoms. The second kappa shape index (κ2) is 6.22. The van der Waals surface area contributed by atoms with Crippen molar-refractivity contribution < 1.29 is 14.6 Å². The molecule has 2 aliphatic rings. The molecule has 0 saturated carbocycles. The molecule has 0 radical (unpaired) electrons. The number of nitrogens with one attached hydrogen (secondary N) is 1. The Hall–Kier alpha value is -1.66. The summed E-state index contributed by atoms with van der Waals surface area (Å²) >= 11 is 0. The number of ether oxygens (including phenoxy) is 1. The second-order valence-electron chi connectivity index (χ2n) is 6.20. The third kappa shape index (κ3) is 2.68. The van der Waals surface area contributed by atoms with Crippen LogP contribution in [0.3, 0.4) is 0 Å². The minimum Gasteiger partial charge on any atom is -0.481 e. The fourth-order valence-corrected chi connectivity index (χ4v) is 3.63. The number of pyridine rings is 1. The zero-order valence-corrected chi connectivity index (χ0v) is 12.9. The molecule has 0 bridgehead atoms. The normalized spacial score (nSPS) is 29.4. The summed E-state index contributed by atoms with van der Waals surface area (Å²) in [5.74, 6) is 0.616. The minimum atomic E-state index is -0.661.